The fourth-order valence-electron chi connectivity index (χ4n) is 3.64. The van der Waals surface area contributed by atoms with E-state index in [0.29, 0.717) is 31.8 Å². The van der Waals surface area contributed by atoms with Gasteiger partial charge in [-0.3, -0.25) is 14.2 Å². The van der Waals surface area contributed by atoms with Crippen LogP contribution in [-0.4, -0.2) is 21.2 Å². The molecule has 1 amide bonds. The van der Waals surface area contributed by atoms with Gasteiger partial charge in [-0.1, -0.05) is 42.8 Å². The summed E-state index contributed by atoms with van der Waals surface area (Å²) in [5, 5.41) is 4.34. The molecule has 0 saturated carbocycles. The molecule has 0 spiro atoms. The Morgan fingerprint density at radius 2 is 1.94 bits per heavy atom. The van der Waals surface area contributed by atoms with Crippen LogP contribution in [0.5, 0.6) is 0 Å². The Balaban J connectivity index is 1.72. The zero-order valence-electron chi connectivity index (χ0n) is 18.9. The number of carbonyl (C=O) groups excluding carboxylic acids is 1. The fourth-order valence-corrected chi connectivity index (χ4v) is 5.94. The predicted octanol–water partition coefficient (Wildman–Crippen LogP) is 6.54. The van der Waals surface area contributed by atoms with Gasteiger partial charge in [0, 0.05) is 15.6 Å². The maximum atomic E-state index is 13.6. The topological polar surface area (TPSA) is 64.0 Å². The van der Waals surface area contributed by atoms with Crippen molar-refractivity contribution in [3.63, 3.8) is 0 Å². The molecule has 0 fully saturated rings. The standard InChI is InChI=1S/C25H23ClFN3O2S2/c1-4-5-20-15(3)22-23(34-20)29-25(30(24(22)32)18-10-8-17(27)9-11-18)33-13-21(31)28-19-12-16(26)7-6-14(19)2/h6-12H,4-5,13H2,1-3H3,(H,28,31). The maximum Gasteiger partial charge on any atom is 0.267 e. The lowest BCUT2D eigenvalue weighted by Crippen LogP contribution is -2.23. The van der Waals surface area contributed by atoms with Crippen LogP contribution >= 0.6 is 34.7 Å². The molecule has 176 valence electrons. The second-order valence-corrected chi connectivity index (χ2v) is 10.4. The summed E-state index contributed by atoms with van der Waals surface area (Å²) in [6.07, 6.45) is 1.83. The van der Waals surface area contributed by atoms with Crippen molar-refractivity contribution in [1.82, 2.24) is 9.55 Å². The van der Waals surface area contributed by atoms with Gasteiger partial charge in [0.1, 0.15) is 10.6 Å². The third-order valence-corrected chi connectivity index (χ3v) is 7.82. The summed E-state index contributed by atoms with van der Waals surface area (Å²) in [7, 11) is 0. The van der Waals surface area contributed by atoms with Gasteiger partial charge < -0.3 is 5.32 Å². The average molecular weight is 516 g/mol. The number of aryl methyl sites for hydroxylation is 3. The molecule has 4 rings (SSSR count). The number of nitrogens with one attached hydrogen (secondary N) is 1. The Bertz CT molecular complexity index is 1430. The van der Waals surface area contributed by atoms with E-state index < -0.39 is 5.82 Å². The van der Waals surface area contributed by atoms with Crippen molar-refractivity contribution in [3.8, 4) is 5.69 Å². The van der Waals surface area contributed by atoms with Crippen LogP contribution in [0.25, 0.3) is 15.9 Å². The van der Waals surface area contributed by atoms with E-state index in [-0.39, 0.29) is 17.2 Å². The largest absolute Gasteiger partial charge is 0.325 e. The number of carbonyl (C=O) groups is 1. The molecular formula is C25H23ClFN3O2S2. The van der Waals surface area contributed by atoms with E-state index in [1.165, 1.54) is 28.0 Å². The van der Waals surface area contributed by atoms with Crippen LogP contribution in [0.1, 0.15) is 29.3 Å². The van der Waals surface area contributed by atoms with Gasteiger partial charge in [0.2, 0.25) is 5.91 Å². The summed E-state index contributed by atoms with van der Waals surface area (Å²) in [6, 6.07) is 11.0. The number of hydrogen-bond acceptors (Lipinski definition) is 5. The van der Waals surface area contributed by atoms with Crippen LogP contribution in [0, 0.1) is 19.7 Å². The number of anilines is 1. The van der Waals surface area contributed by atoms with Crippen LogP contribution in [0.3, 0.4) is 0 Å². The van der Waals surface area contributed by atoms with E-state index >= 15 is 0 Å². The highest BCUT2D eigenvalue weighted by Gasteiger charge is 2.20. The highest BCUT2D eigenvalue weighted by atomic mass is 35.5. The molecule has 2 aromatic carbocycles. The van der Waals surface area contributed by atoms with Gasteiger partial charge in [0.15, 0.2) is 5.16 Å². The molecule has 0 aliphatic rings. The SMILES string of the molecule is CCCc1sc2nc(SCC(=O)Nc3cc(Cl)ccc3C)n(-c3ccc(F)cc3)c(=O)c2c1C. The zero-order valence-corrected chi connectivity index (χ0v) is 21.3. The summed E-state index contributed by atoms with van der Waals surface area (Å²) in [5.41, 5.74) is 2.73. The van der Waals surface area contributed by atoms with E-state index in [2.05, 4.69) is 12.2 Å². The molecule has 0 saturated heterocycles. The number of hydrogen-bond donors (Lipinski definition) is 1. The number of nitrogens with zero attached hydrogens (tertiary/aromatic N) is 2. The zero-order chi connectivity index (χ0) is 24.4. The molecule has 0 bridgehead atoms. The summed E-state index contributed by atoms with van der Waals surface area (Å²) < 4.78 is 15.0. The first-order valence-corrected chi connectivity index (χ1v) is 13.0. The van der Waals surface area contributed by atoms with Gasteiger partial charge in [-0.05, 0) is 67.8 Å². The summed E-state index contributed by atoms with van der Waals surface area (Å²) >= 11 is 8.72. The number of rotatable bonds is 7. The van der Waals surface area contributed by atoms with E-state index in [9.17, 15) is 14.0 Å². The predicted molar refractivity (Wildman–Crippen MR) is 139 cm³/mol. The Morgan fingerprint density at radius 3 is 2.65 bits per heavy atom. The Kier molecular flexibility index (Phi) is 7.40. The van der Waals surface area contributed by atoms with Crippen molar-refractivity contribution in [2.24, 2.45) is 0 Å². The van der Waals surface area contributed by atoms with Crippen molar-refractivity contribution in [2.75, 3.05) is 11.1 Å². The average Bonchev–Trinajstić information content (AvgIpc) is 3.11. The molecule has 2 aromatic heterocycles. The van der Waals surface area contributed by atoms with Crippen LogP contribution in [0.4, 0.5) is 10.1 Å². The lowest BCUT2D eigenvalue weighted by atomic mass is 10.1. The monoisotopic (exact) mass is 515 g/mol. The minimum Gasteiger partial charge on any atom is -0.325 e. The van der Waals surface area contributed by atoms with Crippen molar-refractivity contribution in [2.45, 2.75) is 38.8 Å². The van der Waals surface area contributed by atoms with E-state index in [4.69, 9.17) is 16.6 Å². The number of fused-ring (bicyclic) bond motifs is 1. The highest BCUT2D eigenvalue weighted by molar-refractivity contribution is 7.99. The Labute approximate surface area is 210 Å². The number of thioether (sulfide) groups is 1. The lowest BCUT2D eigenvalue weighted by molar-refractivity contribution is -0.113. The fraction of sp³-hybridized carbons (Fsp3) is 0.240. The van der Waals surface area contributed by atoms with Crippen molar-refractivity contribution in [3.05, 3.63) is 79.7 Å². The molecule has 5 nitrogen and oxygen atoms in total. The van der Waals surface area contributed by atoms with E-state index in [1.807, 2.05) is 19.9 Å². The maximum absolute atomic E-state index is 13.6. The van der Waals surface area contributed by atoms with Crippen molar-refractivity contribution >= 4 is 56.5 Å². The van der Waals surface area contributed by atoms with Gasteiger partial charge >= 0.3 is 0 Å². The molecule has 2 heterocycles. The number of amides is 1. The first-order valence-electron chi connectivity index (χ1n) is 10.8. The molecule has 0 atom stereocenters. The van der Waals surface area contributed by atoms with Crippen molar-refractivity contribution < 1.29 is 9.18 Å². The van der Waals surface area contributed by atoms with E-state index in [1.54, 1.807) is 24.3 Å². The normalized spacial score (nSPS) is 11.2. The molecule has 4 aromatic rings. The number of thiophene rings is 1. The van der Waals surface area contributed by atoms with Gasteiger partial charge in [-0.15, -0.1) is 11.3 Å². The number of aromatic nitrogens is 2. The molecule has 0 unspecified atom stereocenters. The second-order valence-electron chi connectivity index (χ2n) is 7.89. The van der Waals surface area contributed by atoms with Crippen LogP contribution in [0.15, 0.2) is 52.4 Å². The van der Waals surface area contributed by atoms with Gasteiger partial charge in [0.05, 0.1) is 16.8 Å². The van der Waals surface area contributed by atoms with Gasteiger partial charge in [-0.2, -0.15) is 0 Å². The minimum atomic E-state index is -0.395. The van der Waals surface area contributed by atoms with Crippen LogP contribution < -0.4 is 10.9 Å². The molecule has 9 heteroatoms. The smallest absolute Gasteiger partial charge is 0.267 e. The van der Waals surface area contributed by atoms with Gasteiger partial charge in [0.25, 0.3) is 5.56 Å². The van der Waals surface area contributed by atoms with Gasteiger partial charge in [-0.25, -0.2) is 9.37 Å². The third kappa shape index (κ3) is 5.04. The molecule has 0 radical (unpaired) electrons. The van der Waals surface area contributed by atoms with Crippen LogP contribution in [0.2, 0.25) is 5.02 Å². The molecule has 1 N–H and O–H groups in total. The molecular weight excluding hydrogens is 493 g/mol. The minimum absolute atomic E-state index is 0.0390. The summed E-state index contributed by atoms with van der Waals surface area (Å²) in [4.78, 5) is 32.8. The second kappa shape index (κ2) is 10.3. The summed E-state index contributed by atoms with van der Waals surface area (Å²) in [5.74, 6) is -0.602. The lowest BCUT2D eigenvalue weighted by Gasteiger charge is -2.13. The van der Waals surface area contributed by atoms with E-state index in [0.717, 1.165) is 40.6 Å². The molecule has 0 aliphatic carbocycles. The molecule has 0 aliphatic heterocycles. The van der Waals surface area contributed by atoms with Crippen molar-refractivity contribution in [1.29, 1.82) is 0 Å². The third-order valence-electron chi connectivity index (χ3n) is 5.40. The Hall–Kier alpha value is -2.68. The molecule has 34 heavy (non-hydrogen) atoms. The first-order chi connectivity index (χ1) is 16.3. The number of halogens is 2. The first kappa shape index (κ1) is 24.4. The highest BCUT2D eigenvalue weighted by Crippen LogP contribution is 2.31. The number of benzene rings is 2. The summed E-state index contributed by atoms with van der Waals surface area (Å²) in [6.45, 7) is 5.92. The Morgan fingerprint density at radius 1 is 1.21 bits per heavy atom. The quantitative estimate of drug-likeness (QED) is 0.224. The van der Waals surface area contributed by atoms with Crippen LogP contribution in [-0.2, 0) is 11.2 Å².